The molecule has 0 heterocycles. The van der Waals surface area contributed by atoms with Crippen molar-refractivity contribution in [2.75, 3.05) is 18.4 Å². The van der Waals surface area contributed by atoms with E-state index < -0.39 is 21.8 Å². The third-order valence-electron chi connectivity index (χ3n) is 5.63. The summed E-state index contributed by atoms with van der Waals surface area (Å²) in [6.45, 7) is 5.30. The lowest BCUT2D eigenvalue weighted by molar-refractivity contribution is -0.117. The number of sulfonamides is 1. The number of rotatable bonds is 10. The van der Waals surface area contributed by atoms with Gasteiger partial charge in [0.2, 0.25) is 21.8 Å². The molecule has 0 aliphatic carbocycles. The SMILES string of the molecule is Cc1cc(C)c(S(=O)(=O)N(CCc2ccccc2)CC(=O)Nc2ccc(CC(N)=O)cc2)c(C)c1. The van der Waals surface area contributed by atoms with Gasteiger partial charge in [-0.05, 0) is 61.6 Å². The van der Waals surface area contributed by atoms with E-state index in [9.17, 15) is 18.0 Å². The lowest BCUT2D eigenvalue weighted by Gasteiger charge is -2.24. The third kappa shape index (κ3) is 7.00. The van der Waals surface area contributed by atoms with Crippen LogP contribution in [0, 0.1) is 20.8 Å². The third-order valence-corrected chi connectivity index (χ3v) is 7.78. The van der Waals surface area contributed by atoms with E-state index in [1.807, 2.05) is 49.4 Å². The predicted molar refractivity (Wildman–Crippen MR) is 138 cm³/mol. The van der Waals surface area contributed by atoms with Gasteiger partial charge in [0.1, 0.15) is 0 Å². The summed E-state index contributed by atoms with van der Waals surface area (Å²) in [5.41, 5.74) is 9.71. The summed E-state index contributed by atoms with van der Waals surface area (Å²) in [4.78, 5) is 24.2. The van der Waals surface area contributed by atoms with Gasteiger partial charge in [0.15, 0.2) is 0 Å². The first-order chi connectivity index (χ1) is 16.6. The minimum absolute atomic E-state index is 0.106. The zero-order valence-electron chi connectivity index (χ0n) is 20.2. The Hall–Kier alpha value is -3.49. The molecule has 3 aromatic carbocycles. The first-order valence-corrected chi connectivity index (χ1v) is 12.8. The van der Waals surface area contributed by atoms with Crippen LogP contribution in [-0.2, 0) is 32.5 Å². The zero-order chi connectivity index (χ0) is 25.6. The summed E-state index contributed by atoms with van der Waals surface area (Å²) in [5, 5.41) is 2.75. The summed E-state index contributed by atoms with van der Waals surface area (Å²) >= 11 is 0. The first kappa shape index (κ1) is 26.1. The molecule has 8 heteroatoms. The van der Waals surface area contributed by atoms with Crippen molar-refractivity contribution in [2.45, 2.75) is 38.5 Å². The maximum Gasteiger partial charge on any atom is 0.244 e. The van der Waals surface area contributed by atoms with Crippen LogP contribution in [0.3, 0.4) is 0 Å². The summed E-state index contributed by atoms with van der Waals surface area (Å²) in [6.07, 6.45) is 0.577. The van der Waals surface area contributed by atoms with Gasteiger partial charge < -0.3 is 11.1 Å². The van der Waals surface area contributed by atoms with Crippen LogP contribution in [0.25, 0.3) is 0 Å². The highest BCUT2D eigenvalue weighted by molar-refractivity contribution is 7.89. The standard InChI is InChI=1S/C27H31N3O4S/c1-19-15-20(2)27(21(3)16-19)35(33,34)30(14-13-22-7-5-4-6-8-22)18-26(32)29-24-11-9-23(10-12-24)17-25(28)31/h4-12,15-16H,13-14,17-18H2,1-3H3,(H2,28,31)(H,29,32). The van der Waals surface area contributed by atoms with Crippen molar-refractivity contribution in [1.29, 1.82) is 0 Å². The quantitative estimate of drug-likeness (QED) is 0.450. The van der Waals surface area contributed by atoms with Crippen molar-refractivity contribution >= 4 is 27.5 Å². The fourth-order valence-corrected chi connectivity index (χ4v) is 5.96. The molecule has 3 rings (SSSR count). The molecule has 0 atom stereocenters. The van der Waals surface area contributed by atoms with Gasteiger partial charge in [0.25, 0.3) is 0 Å². The van der Waals surface area contributed by atoms with Crippen molar-refractivity contribution in [3.8, 4) is 0 Å². The van der Waals surface area contributed by atoms with E-state index in [1.165, 1.54) is 4.31 Å². The van der Waals surface area contributed by atoms with Crippen LogP contribution in [0.1, 0.15) is 27.8 Å². The second-order valence-corrected chi connectivity index (χ2v) is 10.6. The van der Waals surface area contributed by atoms with Crippen LogP contribution >= 0.6 is 0 Å². The fourth-order valence-electron chi connectivity index (χ4n) is 4.15. The van der Waals surface area contributed by atoms with Gasteiger partial charge in [0.05, 0.1) is 17.9 Å². The van der Waals surface area contributed by atoms with E-state index in [0.29, 0.717) is 23.2 Å². The van der Waals surface area contributed by atoms with Crippen LogP contribution in [-0.4, -0.2) is 37.6 Å². The summed E-state index contributed by atoms with van der Waals surface area (Å²) in [7, 11) is -3.94. The van der Waals surface area contributed by atoms with Crippen molar-refractivity contribution in [2.24, 2.45) is 5.73 Å². The molecule has 3 aromatic rings. The van der Waals surface area contributed by atoms with Gasteiger partial charge in [-0.1, -0.05) is 60.2 Å². The lowest BCUT2D eigenvalue weighted by atomic mass is 10.1. The Morgan fingerprint density at radius 1 is 0.886 bits per heavy atom. The van der Waals surface area contributed by atoms with Crippen LogP contribution < -0.4 is 11.1 Å². The van der Waals surface area contributed by atoms with Crippen molar-refractivity contribution in [3.63, 3.8) is 0 Å². The number of nitrogens with zero attached hydrogens (tertiary/aromatic N) is 1. The molecule has 0 aliphatic rings. The molecule has 7 nitrogen and oxygen atoms in total. The van der Waals surface area contributed by atoms with Crippen LogP contribution in [0.2, 0.25) is 0 Å². The number of nitrogens with one attached hydrogen (secondary N) is 1. The normalized spacial score (nSPS) is 11.4. The van der Waals surface area contributed by atoms with Gasteiger partial charge in [-0.15, -0.1) is 0 Å². The molecular weight excluding hydrogens is 462 g/mol. The Morgan fingerprint density at radius 3 is 2.06 bits per heavy atom. The van der Waals surface area contributed by atoms with E-state index in [4.69, 9.17) is 5.73 Å². The smallest absolute Gasteiger partial charge is 0.244 e. The summed E-state index contributed by atoms with van der Waals surface area (Å²) < 4.78 is 28.7. The van der Waals surface area contributed by atoms with E-state index >= 15 is 0 Å². The number of hydrogen-bond donors (Lipinski definition) is 2. The molecule has 0 radical (unpaired) electrons. The number of nitrogens with two attached hydrogens (primary N) is 1. The molecule has 0 aromatic heterocycles. The van der Waals surface area contributed by atoms with Crippen molar-refractivity contribution in [3.05, 3.63) is 94.5 Å². The number of anilines is 1. The molecule has 3 N–H and O–H groups in total. The molecule has 0 spiro atoms. The van der Waals surface area contributed by atoms with Gasteiger partial charge in [-0.25, -0.2) is 8.42 Å². The van der Waals surface area contributed by atoms with Gasteiger partial charge in [-0.3, -0.25) is 9.59 Å². The fraction of sp³-hybridized carbons (Fsp3) is 0.259. The van der Waals surface area contributed by atoms with Crippen molar-refractivity contribution in [1.82, 2.24) is 4.31 Å². The van der Waals surface area contributed by atoms with E-state index in [1.54, 1.807) is 38.1 Å². The highest BCUT2D eigenvalue weighted by Gasteiger charge is 2.29. The molecule has 0 saturated carbocycles. The summed E-state index contributed by atoms with van der Waals surface area (Å²) in [6, 6.07) is 20.0. The van der Waals surface area contributed by atoms with Crippen molar-refractivity contribution < 1.29 is 18.0 Å². The molecule has 184 valence electrons. The Balaban J connectivity index is 1.84. The molecular formula is C27H31N3O4S. The highest BCUT2D eigenvalue weighted by atomic mass is 32.2. The number of benzene rings is 3. The number of aryl methyl sites for hydroxylation is 3. The topological polar surface area (TPSA) is 110 Å². The van der Waals surface area contributed by atoms with Gasteiger partial charge in [0, 0.05) is 12.2 Å². The van der Waals surface area contributed by atoms with Crippen LogP contribution in [0.15, 0.2) is 71.6 Å². The maximum atomic E-state index is 13.7. The van der Waals surface area contributed by atoms with Gasteiger partial charge >= 0.3 is 0 Å². The molecule has 0 aliphatic heterocycles. The minimum atomic E-state index is -3.94. The number of amides is 2. The Kier molecular flexibility index (Phi) is 8.43. The second-order valence-electron chi connectivity index (χ2n) is 8.69. The molecule has 0 bridgehead atoms. The van der Waals surface area contributed by atoms with Crippen LogP contribution in [0.4, 0.5) is 5.69 Å². The second kappa shape index (κ2) is 11.3. The maximum absolute atomic E-state index is 13.7. The number of hydrogen-bond acceptors (Lipinski definition) is 4. The highest BCUT2D eigenvalue weighted by Crippen LogP contribution is 2.25. The monoisotopic (exact) mass is 493 g/mol. The van der Waals surface area contributed by atoms with E-state index in [0.717, 1.165) is 16.7 Å². The molecule has 0 saturated heterocycles. The Labute approximate surface area is 207 Å². The number of primary amides is 1. The number of carbonyl (C=O) groups excluding carboxylic acids is 2. The van der Waals surface area contributed by atoms with Gasteiger partial charge in [-0.2, -0.15) is 4.31 Å². The predicted octanol–water partition coefficient (Wildman–Crippen LogP) is 3.51. The Morgan fingerprint density at radius 2 is 1.49 bits per heavy atom. The zero-order valence-corrected chi connectivity index (χ0v) is 21.1. The molecule has 35 heavy (non-hydrogen) atoms. The lowest BCUT2D eigenvalue weighted by Crippen LogP contribution is -2.39. The summed E-state index contributed by atoms with van der Waals surface area (Å²) in [5.74, 6) is -0.894. The Bertz CT molecular complexity index is 1280. The average Bonchev–Trinajstić information content (AvgIpc) is 2.77. The van der Waals surface area contributed by atoms with E-state index in [-0.39, 0.29) is 24.4 Å². The molecule has 2 amide bonds. The minimum Gasteiger partial charge on any atom is -0.369 e. The molecule has 0 fully saturated rings. The van der Waals surface area contributed by atoms with Crippen LogP contribution in [0.5, 0.6) is 0 Å². The number of carbonyl (C=O) groups is 2. The largest absolute Gasteiger partial charge is 0.369 e. The average molecular weight is 494 g/mol. The molecule has 0 unspecified atom stereocenters. The first-order valence-electron chi connectivity index (χ1n) is 11.4. The van der Waals surface area contributed by atoms with E-state index in [2.05, 4.69) is 5.32 Å².